The van der Waals surface area contributed by atoms with Crippen LogP contribution in [0.4, 0.5) is 0 Å². The molecule has 2 rings (SSSR count). The molecule has 1 aromatic carbocycles. The highest BCUT2D eigenvalue weighted by atomic mass is 32.2. The van der Waals surface area contributed by atoms with E-state index in [1.807, 2.05) is 14.0 Å². The van der Waals surface area contributed by atoms with Crippen LogP contribution in [-0.4, -0.2) is 50.6 Å². The van der Waals surface area contributed by atoms with E-state index < -0.39 is 16.0 Å². The van der Waals surface area contributed by atoms with Gasteiger partial charge in [0.1, 0.15) is 0 Å². The quantitative estimate of drug-likeness (QED) is 0.870. The van der Waals surface area contributed by atoms with Crippen molar-refractivity contribution in [3.63, 3.8) is 0 Å². The molecule has 0 aromatic heterocycles. The lowest BCUT2D eigenvalue weighted by atomic mass is 9.95. The average molecular weight is 340 g/mol. The summed E-state index contributed by atoms with van der Waals surface area (Å²) in [6, 6.07) is 2.60. The fraction of sp³-hybridized carbons (Fsp3) is 0.562. The van der Waals surface area contributed by atoms with E-state index in [9.17, 15) is 13.2 Å². The summed E-state index contributed by atoms with van der Waals surface area (Å²) in [4.78, 5) is 13.4. The summed E-state index contributed by atoms with van der Waals surface area (Å²) in [5.74, 6) is -0.926. The Labute approximate surface area is 137 Å². The van der Waals surface area contributed by atoms with Crippen LogP contribution in [0.15, 0.2) is 17.0 Å². The van der Waals surface area contributed by atoms with E-state index in [-0.39, 0.29) is 22.4 Å². The van der Waals surface area contributed by atoms with Crippen molar-refractivity contribution in [3.05, 3.63) is 28.8 Å². The van der Waals surface area contributed by atoms with Gasteiger partial charge in [-0.15, -0.1) is 0 Å². The Morgan fingerprint density at radius 2 is 2.00 bits per heavy atom. The lowest BCUT2D eigenvalue weighted by Crippen LogP contribution is -2.48. The minimum Gasteiger partial charge on any atom is -0.478 e. The number of aryl methyl sites for hydroxylation is 1. The SMILES string of the molecule is Cc1cc(C(=O)O)cc(S(=O)(=O)NC2CCN(C)CC2C)c1C. The molecule has 1 aromatic rings. The van der Waals surface area contributed by atoms with Crippen LogP contribution in [0.3, 0.4) is 0 Å². The van der Waals surface area contributed by atoms with Gasteiger partial charge in [0.15, 0.2) is 0 Å². The Balaban J connectivity index is 2.34. The van der Waals surface area contributed by atoms with Crippen LogP contribution in [0.25, 0.3) is 0 Å². The molecule has 128 valence electrons. The third kappa shape index (κ3) is 3.91. The number of carboxylic acid groups (broad SMARTS) is 1. The normalized spacial score (nSPS) is 23.0. The van der Waals surface area contributed by atoms with E-state index in [1.54, 1.807) is 13.8 Å². The number of carbonyl (C=O) groups is 1. The van der Waals surface area contributed by atoms with Crippen molar-refractivity contribution in [3.8, 4) is 0 Å². The Hall–Kier alpha value is -1.44. The van der Waals surface area contributed by atoms with E-state index >= 15 is 0 Å². The smallest absolute Gasteiger partial charge is 0.335 e. The Bertz CT molecular complexity index is 715. The maximum Gasteiger partial charge on any atom is 0.335 e. The van der Waals surface area contributed by atoms with Gasteiger partial charge in [-0.1, -0.05) is 6.92 Å². The number of hydrogen-bond donors (Lipinski definition) is 2. The zero-order chi connectivity index (χ0) is 17.4. The second-order valence-electron chi connectivity index (χ2n) is 6.48. The van der Waals surface area contributed by atoms with E-state index in [1.165, 1.54) is 12.1 Å². The van der Waals surface area contributed by atoms with E-state index in [0.717, 1.165) is 19.5 Å². The first-order chi connectivity index (χ1) is 10.6. The number of nitrogens with zero attached hydrogens (tertiary/aromatic N) is 1. The second kappa shape index (κ2) is 6.59. The van der Waals surface area contributed by atoms with Gasteiger partial charge in [0, 0.05) is 12.6 Å². The maximum atomic E-state index is 12.8. The molecule has 2 unspecified atom stereocenters. The second-order valence-corrected chi connectivity index (χ2v) is 8.16. The first-order valence-corrected chi connectivity index (χ1v) is 9.15. The van der Waals surface area contributed by atoms with Crippen molar-refractivity contribution in [2.75, 3.05) is 20.1 Å². The van der Waals surface area contributed by atoms with E-state index in [2.05, 4.69) is 9.62 Å². The van der Waals surface area contributed by atoms with Crippen LogP contribution in [0.5, 0.6) is 0 Å². The van der Waals surface area contributed by atoms with Gasteiger partial charge < -0.3 is 10.0 Å². The highest BCUT2D eigenvalue weighted by Crippen LogP contribution is 2.24. The molecule has 2 atom stereocenters. The summed E-state index contributed by atoms with van der Waals surface area (Å²) in [7, 11) is -1.73. The third-order valence-electron chi connectivity index (χ3n) is 4.57. The highest BCUT2D eigenvalue weighted by molar-refractivity contribution is 7.89. The van der Waals surface area contributed by atoms with Gasteiger partial charge in [-0.05, 0) is 63.0 Å². The summed E-state index contributed by atoms with van der Waals surface area (Å²) >= 11 is 0. The molecule has 0 amide bonds. The van der Waals surface area contributed by atoms with Gasteiger partial charge in [0.2, 0.25) is 10.0 Å². The standard InChI is InChI=1S/C16H24N2O4S/c1-10-7-13(16(19)20)8-15(12(10)3)23(21,22)17-14-5-6-18(4)9-11(14)2/h7-8,11,14,17H,5-6,9H2,1-4H3,(H,19,20). The van der Waals surface area contributed by atoms with Crippen LogP contribution in [0.2, 0.25) is 0 Å². The van der Waals surface area contributed by atoms with Crippen LogP contribution < -0.4 is 4.72 Å². The highest BCUT2D eigenvalue weighted by Gasteiger charge is 2.30. The van der Waals surface area contributed by atoms with Crippen molar-refractivity contribution in [2.45, 2.75) is 38.1 Å². The van der Waals surface area contributed by atoms with Gasteiger partial charge in [-0.2, -0.15) is 0 Å². The monoisotopic (exact) mass is 340 g/mol. The minimum absolute atomic E-state index is 0.00935. The Kier molecular flexibility index (Phi) is 5.13. The maximum absolute atomic E-state index is 12.8. The molecule has 2 N–H and O–H groups in total. The van der Waals surface area contributed by atoms with Crippen LogP contribution in [-0.2, 0) is 10.0 Å². The largest absolute Gasteiger partial charge is 0.478 e. The van der Waals surface area contributed by atoms with Crippen molar-refractivity contribution in [1.82, 2.24) is 9.62 Å². The van der Waals surface area contributed by atoms with Gasteiger partial charge in [0.25, 0.3) is 0 Å². The van der Waals surface area contributed by atoms with Crippen molar-refractivity contribution in [1.29, 1.82) is 0 Å². The van der Waals surface area contributed by atoms with Crippen LogP contribution in [0, 0.1) is 19.8 Å². The molecule has 0 bridgehead atoms. The van der Waals surface area contributed by atoms with Crippen molar-refractivity contribution in [2.24, 2.45) is 5.92 Å². The molecule has 6 nitrogen and oxygen atoms in total. The number of nitrogens with one attached hydrogen (secondary N) is 1. The van der Waals surface area contributed by atoms with Gasteiger partial charge >= 0.3 is 5.97 Å². The number of sulfonamides is 1. The summed E-state index contributed by atoms with van der Waals surface area (Å²) in [6.45, 7) is 7.12. The number of benzene rings is 1. The summed E-state index contributed by atoms with van der Waals surface area (Å²) in [5, 5.41) is 9.16. The lowest BCUT2D eigenvalue weighted by molar-refractivity contribution is 0.0696. The van der Waals surface area contributed by atoms with Crippen molar-refractivity contribution >= 4 is 16.0 Å². The summed E-state index contributed by atoms with van der Waals surface area (Å²) in [6.07, 6.45) is 0.744. The number of likely N-dealkylation sites (tertiary alicyclic amines) is 1. The predicted molar refractivity (Wildman–Crippen MR) is 88.3 cm³/mol. The first-order valence-electron chi connectivity index (χ1n) is 7.67. The number of hydrogen-bond acceptors (Lipinski definition) is 4. The first kappa shape index (κ1) is 17.9. The van der Waals surface area contributed by atoms with Gasteiger partial charge in [0.05, 0.1) is 10.5 Å². The zero-order valence-electron chi connectivity index (χ0n) is 14.0. The molecule has 0 saturated carbocycles. The van der Waals surface area contributed by atoms with E-state index in [0.29, 0.717) is 11.1 Å². The zero-order valence-corrected chi connectivity index (χ0v) is 14.8. The third-order valence-corrected chi connectivity index (χ3v) is 6.19. The molecule has 1 aliphatic heterocycles. The van der Waals surface area contributed by atoms with Gasteiger partial charge in [-0.3, -0.25) is 0 Å². The molecule has 23 heavy (non-hydrogen) atoms. The fourth-order valence-corrected chi connectivity index (χ4v) is 4.74. The van der Waals surface area contributed by atoms with E-state index in [4.69, 9.17) is 5.11 Å². The topological polar surface area (TPSA) is 86.7 Å². The average Bonchev–Trinajstić information content (AvgIpc) is 2.44. The Morgan fingerprint density at radius 3 is 2.57 bits per heavy atom. The fourth-order valence-electron chi connectivity index (χ4n) is 3.02. The molecule has 1 heterocycles. The van der Waals surface area contributed by atoms with Gasteiger partial charge in [-0.25, -0.2) is 17.9 Å². The molecular weight excluding hydrogens is 316 g/mol. The van der Waals surface area contributed by atoms with Crippen LogP contribution in [0.1, 0.15) is 34.8 Å². The Morgan fingerprint density at radius 1 is 1.35 bits per heavy atom. The molecule has 1 saturated heterocycles. The summed E-state index contributed by atoms with van der Waals surface area (Å²) < 4.78 is 28.3. The molecular formula is C16H24N2O4S. The van der Waals surface area contributed by atoms with Crippen LogP contribution >= 0.6 is 0 Å². The summed E-state index contributed by atoms with van der Waals surface area (Å²) in [5.41, 5.74) is 1.23. The molecule has 1 fully saturated rings. The molecule has 0 radical (unpaired) electrons. The number of aromatic carboxylic acids is 1. The minimum atomic E-state index is -3.75. The van der Waals surface area contributed by atoms with Crippen molar-refractivity contribution < 1.29 is 18.3 Å². The number of rotatable bonds is 4. The molecule has 7 heteroatoms. The molecule has 0 aliphatic carbocycles. The molecule has 0 spiro atoms. The number of piperidine rings is 1. The molecule has 1 aliphatic rings. The predicted octanol–water partition coefficient (Wildman–Crippen LogP) is 1.62. The number of carboxylic acids is 1. The lowest BCUT2D eigenvalue weighted by Gasteiger charge is -2.35.